The number of nitrogens with one attached hydrogen (secondary N) is 1. The van der Waals surface area contributed by atoms with Gasteiger partial charge in [0.1, 0.15) is 6.10 Å². The van der Waals surface area contributed by atoms with Crippen LogP contribution in [0.1, 0.15) is 12.8 Å². The number of thiazole rings is 1. The number of nitrogens with zero attached hydrogens (tertiary/aromatic N) is 1. The number of carbonyl (C=O) groups excluding carboxylic acids is 1. The number of aromatic nitrogens is 1. The lowest BCUT2D eigenvalue weighted by molar-refractivity contribution is -0.124. The van der Waals surface area contributed by atoms with E-state index in [0.717, 1.165) is 24.1 Å². The quantitative estimate of drug-likeness (QED) is 0.874. The number of carbonyl (C=O) groups is 1. The van der Waals surface area contributed by atoms with Crippen molar-refractivity contribution in [1.29, 1.82) is 0 Å². The average Bonchev–Trinajstić information content (AvgIpc) is 3.19. The first-order chi connectivity index (χ1) is 10.3. The first-order valence-electron chi connectivity index (χ1n) is 6.78. The Balaban J connectivity index is 1.68. The van der Waals surface area contributed by atoms with E-state index in [1.54, 1.807) is 11.8 Å². The third-order valence-corrected chi connectivity index (χ3v) is 4.84. The molecule has 1 N–H and O–H groups in total. The summed E-state index contributed by atoms with van der Waals surface area (Å²) < 4.78 is 5.37. The minimum atomic E-state index is -0.321. The van der Waals surface area contributed by atoms with Crippen LogP contribution < -0.4 is 5.32 Å². The van der Waals surface area contributed by atoms with Gasteiger partial charge in [0.25, 0.3) is 5.91 Å². The minimum Gasteiger partial charge on any atom is -0.368 e. The van der Waals surface area contributed by atoms with Crippen LogP contribution in [-0.4, -0.2) is 29.9 Å². The van der Waals surface area contributed by atoms with Crippen LogP contribution >= 0.6 is 23.1 Å². The van der Waals surface area contributed by atoms with Gasteiger partial charge in [-0.2, -0.15) is 0 Å². The Hall–Kier alpha value is -1.37. The molecule has 0 radical (unpaired) electrons. The lowest BCUT2D eigenvalue weighted by Gasteiger charge is -2.07. The zero-order chi connectivity index (χ0) is 14.7. The highest BCUT2D eigenvalue weighted by Crippen LogP contribution is 2.27. The van der Waals surface area contributed by atoms with Crippen molar-refractivity contribution >= 4 is 34.1 Å². The van der Waals surface area contributed by atoms with Crippen LogP contribution in [0, 0.1) is 0 Å². The number of hydrogen-bond donors (Lipinski definition) is 1. The zero-order valence-corrected chi connectivity index (χ0v) is 13.3. The number of thioether (sulfide) groups is 1. The molecule has 0 saturated carbocycles. The SMILES string of the molecule is CSc1ccc(-c2csc(NC(=O)C3CCCO3)n2)cc1. The maximum Gasteiger partial charge on any atom is 0.255 e. The van der Waals surface area contributed by atoms with Gasteiger partial charge in [0, 0.05) is 22.4 Å². The van der Waals surface area contributed by atoms with Gasteiger partial charge >= 0.3 is 0 Å². The van der Waals surface area contributed by atoms with Crippen molar-refractivity contribution in [3.8, 4) is 11.3 Å². The molecule has 0 bridgehead atoms. The second-order valence-corrected chi connectivity index (χ2v) is 6.50. The van der Waals surface area contributed by atoms with E-state index in [1.165, 1.54) is 16.2 Å². The van der Waals surface area contributed by atoms with Crippen LogP contribution in [0.4, 0.5) is 5.13 Å². The fraction of sp³-hybridized carbons (Fsp3) is 0.333. The molecule has 1 aromatic carbocycles. The Bertz CT molecular complexity index is 619. The van der Waals surface area contributed by atoms with Crippen LogP contribution in [0.2, 0.25) is 0 Å². The number of rotatable bonds is 4. The van der Waals surface area contributed by atoms with E-state index in [1.807, 2.05) is 17.5 Å². The molecular formula is C15H16N2O2S2. The summed E-state index contributed by atoms with van der Waals surface area (Å²) in [4.78, 5) is 17.7. The predicted molar refractivity (Wildman–Crippen MR) is 86.9 cm³/mol. The van der Waals surface area contributed by atoms with Crippen molar-refractivity contribution < 1.29 is 9.53 Å². The molecule has 0 aliphatic carbocycles. The summed E-state index contributed by atoms with van der Waals surface area (Å²) in [5, 5.41) is 5.42. The van der Waals surface area contributed by atoms with Gasteiger partial charge in [-0.1, -0.05) is 12.1 Å². The van der Waals surface area contributed by atoms with Crippen LogP contribution in [0.3, 0.4) is 0 Å². The Morgan fingerprint density at radius 3 is 2.90 bits per heavy atom. The fourth-order valence-electron chi connectivity index (χ4n) is 2.20. The van der Waals surface area contributed by atoms with Crippen molar-refractivity contribution in [1.82, 2.24) is 4.98 Å². The monoisotopic (exact) mass is 320 g/mol. The molecule has 1 aliphatic heterocycles. The molecule has 2 heterocycles. The number of ether oxygens (including phenoxy) is 1. The molecule has 1 unspecified atom stereocenters. The molecule has 1 atom stereocenters. The largest absolute Gasteiger partial charge is 0.368 e. The maximum absolute atomic E-state index is 12.0. The van der Waals surface area contributed by atoms with Crippen molar-refractivity contribution in [2.24, 2.45) is 0 Å². The maximum atomic E-state index is 12.0. The van der Waals surface area contributed by atoms with E-state index in [4.69, 9.17) is 4.74 Å². The summed E-state index contributed by atoms with van der Waals surface area (Å²) >= 11 is 3.15. The van der Waals surface area contributed by atoms with Gasteiger partial charge < -0.3 is 4.74 Å². The lowest BCUT2D eigenvalue weighted by atomic mass is 10.2. The summed E-state index contributed by atoms with van der Waals surface area (Å²) in [6.07, 6.45) is 3.47. The summed E-state index contributed by atoms with van der Waals surface area (Å²) in [6.45, 7) is 0.670. The molecular weight excluding hydrogens is 304 g/mol. The molecule has 21 heavy (non-hydrogen) atoms. The van der Waals surface area contributed by atoms with Gasteiger partial charge in [0.2, 0.25) is 0 Å². The minimum absolute atomic E-state index is 0.0915. The summed E-state index contributed by atoms with van der Waals surface area (Å²) in [5.74, 6) is -0.0915. The van der Waals surface area contributed by atoms with Crippen LogP contribution in [0.15, 0.2) is 34.5 Å². The molecule has 3 rings (SSSR count). The number of hydrogen-bond acceptors (Lipinski definition) is 5. The van der Waals surface area contributed by atoms with Crippen molar-refractivity contribution in [2.45, 2.75) is 23.8 Å². The fourth-order valence-corrected chi connectivity index (χ4v) is 3.33. The van der Waals surface area contributed by atoms with Crippen LogP contribution in [0.5, 0.6) is 0 Å². The molecule has 110 valence electrons. The molecule has 1 fully saturated rings. The smallest absolute Gasteiger partial charge is 0.255 e. The number of benzene rings is 1. The van der Waals surface area contributed by atoms with Crippen LogP contribution in [-0.2, 0) is 9.53 Å². The Morgan fingerprint density at radius 2 is 2.24 bits per heavy atom. The first kappa shape index (κ1) is 14.6. The Kier molecular flexibility index (Phi) is 4.57. The molecule has 6 heteroatoms. The van der Waals surface area contributed by atoms with Gasteiger partial charge in [-0.05, 0) is 31.2 Å². The average molecular weight is 320 g/mol. The summed E-state index contributed by atoms with van der Waals surface area (Å²) in [5.41, 5.74) is 1.94. The number of anilines is 1. The van der Waals surface area contributed by atoms with E-state index in [9.17, 15) is 4.79 Å². The van der Waals surface area contributed by atoms with Crippen molar-refractivity contribution in [2.75, 3.05) is 18.2 Å². The molecule has 2 aromatic rings. The molecule has 1 aromatic heterocycles. The van der Waals surface area contributed by atoms with Gasteiger partial charge in [0.05, 0.1) is 5.69 Å². The molecule has 0 spiro atoms. The van der Waals surface area contributed by atoms with E-state index < -0.39 is 0 Å². The number of amides is 1. The highest BCUT2D eigenvalue weighted by Gasteiger charge is 2.24. The van der Waals surface area contributed by atoms with Gasteiger partial charge in [-0.25, -0.2) is 4.98 Å². The summed E-state index contributed by atoms with van der Waals surface area (Å²) in [7, 11) is 0. The Labute approximate surface area is 131 Å². The highest BCUT2D eigenvalue weighted by molar-refractivity contribution is 7.98. The van der Waals surface area contributed by atoms with E-state index in [-0.39, 0.29) is 12.0 Å². The summed E-state index contributed by atoms with van der Waals surface area (Å²) in [6, 6.07) is 8.24. The second kappa shape index (κ2) is 6.60. The molecule has 4 nitrogen and oxygen atoms in total. The predicted octanol–water partition coefficient (Wildman–Crippen LogP) is 3.65. The highest BCUT2D eigenvalue weighted by atomic mass is 32.2. The van der Waals surface area contributed by atoms with Gasteiger partial charge in [-0.15, -0.1) is 23.1 Å². The molecule has 1 amide bonds. The van der Waals surface area contributed by atoms with Gasteiger partial charge in [-0.3, -0.25) is 10.1 Å². The van der Waals surface area contributed by atoms with Crippen molar-refractivity contribution in [3.63, 3.8) is 0 Å². The van der Waals surface area contributed by atoms with Crippen molar-refractivity contribution in [3.05, 3.63) is 29.6 Å². The first-order valence-corrected chi connectivity index (χ1v) is 8.89. The van der Waals surface area contributed by atoms with E-state index in [0.29, 0.717) is 11.7 Å². The third-order valence-electron chi connectivity index (χ3n) is 3.34. The van der Waals surface area contributed by atoms with Gasteiger partial charge in [0.15, 0.2) is 5.13 Å². The van der Waals surface area contributed by atoms with Crippen LogP contribution in [0.25, 0.3) is 11.3 Å². The molecule has 1 aliphatic rings. The van der Waals surface area contributed by atoms with E-state index >= 15 is 0 Å². The topological polar surface area (TPSA) is 51.2 Å². The lowest BCUT2D eigenvalue weighted by Crippen LogP contribution is -2.26. The molecule has 1 saturated heterocycles. The second-order valence-electron chi connectivity index (χ2n) is 4.76. The zero-order valence-electron chi connectivity index (χ0n) is 11.7. The third kappa shape index (κ3) is 3.45. The normalized spacial score (nSPS) is 17.9. The van der Waals surface area contributed by atoms with E-state index in [2.05, 4.69) is 28.7 Å². The standard InChI is InChI=1S/C15H16N2O2S2/c1-20-11-6-4-10(5-7-11)12-9-21-15(16-12)17-14(18)13-3-2-8-19-13/h4-7,9,13H,2-3,8H2,1H3,(H,16,17,18). The Morgan fingerprint density at radius 1 is 1.43 bits per heavy atom.